The maximum absolute atomic E-state index is 11.7. The van der Waals surface area contributed by atoms with Gasteiger partial charge in [-0.05, 0) is 74.5 Å². The highest BCUT2D eigenvalue weighted by Gasteiger charge is 2.13. The summed E-state index contributed by atoms with van der Waals surface area (Å²) >= 11 is 12.2. The van der Waals surface area contributed by atoms with Crippen LogP contribution in [0, 0.1) is 0 Å². The predicted octanol–water partition coefficient (Wildman–Crippen LogP) is 5.59. The van der Waals surface area contributed by atoms with Crippen LogP contribution in [0.4, 0.5) is 5.69 Å². The minimum atomic E-state index is -0.280. The van der Waals surface area contributed by atoms with Crippen molar-refractivity contribution in [3.8, 4) is 0 Å². The molecule has 0 aliphatic heterocycles. The smallest absolute Gasteiger partial charge is 0.338 e. The van der Waals surface area contributed by atoms with Gasteiger partial charge in [0.1, 0.15) is 0 Å². The van der Waals surface area contributed by atoms with Crippen molar-refractivity contribution in [3.63, 3.8) is 0 Å². The molecule has 0 fully saturated rings. The lowest BCUT2D eigenvalue weighted by atomic mass is 10.1. The zero-order chi connectivity index (χ0) is 24.8. The highest BCUT2D eigenvalue weighted by Crippen LogP contribution is 2.31. The van der Waals surface area contributed by atoms with Gasteiger partial charge in [0.25, 0.3) is 0 Å². The molecule has 0 amide bonds. The molecule has 1 unspecified atom stereocenters. The first-order chi connectivity index (χ1) is 16.5. The zero-order valence-corrected chi connectivity index (χ0v) is 21.3. The number of ether oxygens (including phenoxy) is 2. The minimum absolute atomic E-state index is 0.0417. The van der Waals surface area contributed by atoms with Gasteiger partial charge in [-0.1, -0.05) is 48.2 Å². The van der Waals surface area contributed by atoms with Crippen molar-refractivity contribution in [2.45, 2.75) is 51.5 Å². The lowest BCUT2D eigenvalue weighted by Crippen LogP contribution is -2.25. The second-order valence-corrected chi connectivity index (χ2v) is 8.95. The molecule has 6 nitrogen and oxygen atoms in total. The van der Waals surface area contributed by atoms with E-state index in [0.29, 0.717) is 27.9 Å². The maximum Gasteiger partial charge on any atom is 0.338 e. The van der Waals surface area contributed by atoms with Gasteiger partial charge < -0.3 is 25.6 Å². The fourth-order valence-electron chi connectivity index (χ4n) is 3.55. The molecule has 2 rings (SSSR count). The first kappa shape index (κ1) is 28.4. The minimum Gasteiger partial charge on any atom is -0.462 e. The molecule has 0 bridgehead atoms. The van der Waals surface area contributed by atoms with Crippen LogP contribution in [0.3, 0.4) is 0 Å². The number of aryl methyl sites for hydroxylation is 1. The first-order valence-electron chi connectivity index (χ1n) is 11.9. The van der Waals surface area contributed by atoms with Crippen LogP contribution in [0.15, 0.2) is 36.4 Å². The Morgan fingerprint density at radius 2 is 1.68 bits per heavy atom. The van der Waals surface area contributed by atoms with Crippen LogP contribution in [0.5, 0.6) is 0 Å². The Balaban J connectivity index is 1.50. The Morgan fingerprint density at radius 1 is 1.03 bits per heavy atom. The number of aliphatic hydroxyl groups is 1. The fourth-order valence-corrected chi connectivity index (χ4v) is 4.06. The number of halogens is 2. The Morgan fingerprint density at radius 3 is 2.32 bits per heavy atom. The quantitative estimate of drug-likeness (QED) is 0.155. The van der Waals surface area contributed by atoms with E-state index in [9.17, 15) is 9.90 Å². The normalized spacial score (nSPS) is 12.0. The molecule has 0 spiro atoms. The molecule has 0 aromatic heterocycles. The Bertz CT molecular complexity index is 855. The molecule has 0 aliphatic carbocycles. The van der Waals surface area contributed by atoms with Crippen LogP contribution >= 0.6 is 23.2 Å². The number of carbonyl (C=O) groups excluding carboxylic acids is 1. The van der Waals surface area contributed by atoms with E-state index in [0.717, 1.165) is 63.8 Å². The molecule has 4 N–H and O–H groups in total. The lowest BCUT2D eigenvalue weighted by molar-refractivity contribution is 0.0526. The number of nitrogens with two attached hydrogens (primary N) is 1. The summed E-state index contributed by atoms with van der Waals surface area (Å²) in [6.45, 7) is 4.42. The number of nitrogens with one attached hydrogen (secondary N) is 1. The number of esters is 1. The van der Waals surface area contributed by atoms with Crippen LogP contribution in [0.25, 0.3) is 0 Å². The van der Waals surface area contributed by atoms with E-state index in [2.05, 4.69) is 5.32 Å². The van der Waals surface area contributed by atoms with Crippen LogP contribution < -0.4 is 11.1 Å². The van der Waals surface area contributed by atoms with Crippen molar-refractivity contribution < 1.29 is 19.4 Å². The number of unbranched alkanes of at least 4 members (excludes halogenated alkanes) is 3. The number of hydrogen-bond donors (Lipinski definition) is 3. The predicted molar refractivity (Wildman–Crippen MR) is 139 cm³/mol. The number of hydrogen-bond acceptors (Lipinski definition) is 6. The van der Waals surface area contributed by atoms with Gasteiger partial charge in [0, 0.05) is 13.2 Å². The number of carbonyl (C=O) groups is 1. The van der Waals surface area contributed by atoms with Gasteiger partial charge in [0.05, 0.1) is 40.6 Å². The molecule has 188 valence electrons. The third kappa shape index (κ3) is 9.80. The van der Waals surface area contributed by atoms with E-state index in [1.54, 1.807) is 19.1 Å². The SMILES string of the molecule is CCOC(=O)c1ccc(CCCOCCCCCCNC(CO)c2cc(Cl)c(N)c(Cl)c2)cc1. The van der Waals surface area contributed by atoms with E-state index in [1.165, 1.54) is 5.56 Å². The van der Waals surface area contributed by atoms with E-state index in [1.807, 2.05) is 24.3 Å². The highest BCUT2D eigenvalue weighted by molar-refractivity contribution is 6.38. The Labute approximate surface area is 212 Å². The van der Waals surface area contributed by atoms with Gasteiger partial charge in [0.15, 0.2) is 0 Å². The molecule has 34 heavy (non-hydrogen) atoms. The molecule has 2 aromatic rings. The summed E-state index contributed by atoms with van der Waals surface area (Å²) in [6, 6.07) is 10.8. The van der Waals surface area contributed by atoms with Crippen LogP contribution in [0.1, 0.15) is 66.6 Å². The summed E-state index contributed by atoms with van der Waals surface area (Å²) in [5.74, 6) is -0.280. The number of anilines is 1. The lowest BCUT2D eigenvalue weighted by Gasteiger charge is -2.18. The third-order valence-corrected chi connectivity index (χ3v) is 6.14. The van der Waals surface area contributed by atoms with E-state index >= 15 is 0 Å². The molecule has 1 atom stereocenters. The van der Waals surface area contributed by atoms with Gasteiger partial charge in [0.2, 0.25) is 0 Å². The fraction of sp³-hybridized carbons (Fsp3) is 0.500. The van der Waals surface area contributed by atoms with E-state index in [-0.39, 0.29) is 18.6 Å². The summed E-state index contributed by atoms with van der Waals surface area (Å²) in [4.78, 5) is 11.7. The molecule has 0 saturated carbocycles. The maximum atomic E-state index is 11.7. The standard InChI is InChI=1S/C26H36Cl2N2O4/c1-2-34-26(32)20-11-9-19(10-12-20)8-7-15-33-14-6-4-3-5-13-30-24(18-31)21-16-22(27)25(29)23(28)17-21/h9-12,16-17,24,30-31H,2-8,13-15,18,29H2,1H3. The Hall–Kier alpha value is -1.83. The average molecular weight is 511 g/mol. The van der Waals surface area contributed by atoms with Gasteiger partial charge >= 0.3 is 5.97 Å². The van der Waals surface area contributed by atoms with E-state index in [4.69, 9.17) is 38.4 Å². The number of aliphatic hydroxyl groups excluding tert-OH is 1. The average Bonchev–Trinajstić information content (AvgIpc) is 2.83. The number of benzene rings is 2. The summed E-state index contributed by atoms with van der Waals surface area (Å²) in [5.41, 5.74) is 8.74. The molecule has 0 radical (unpaired) electrons. The molecule has 0 saturated heterocycles. The Kier molecular flexibility index (Phi) is 13.3. The molecule has 8 heteroatoms. The van der Waals surface area contributed by atoms with Crippen molar-refractivity contribution in [1.29, 1.82) is 0 Å². The van der Waals surface area contributed by atoms with Gasteiger partial charge in [-0.25, -0.2) is 4.79 Å². The number of nitrogen functional groups attached to an aromatic ring is 1. The molecular formula is C26H36Cl2N2O4. The molecular weight excluding hydrogens is 475 g/mol. The largest absolute Gasteiger partial charge is 0.462 e. The second kappa shape index (κ2) is 16.0. The van der Waals surface area contributed by atoms with Gasteiger partial charge in [-0.15, -0.1) is 0 Å². The van der Waals surface area contributed by atoms with Crippen LogP contribution in [0.2, 0.25) is 10.0 Å². The first-order valence-corrected chi connectivity index (χ1v) is 12.6. The second-order valence-electron chi connectivity index (χ2n) is 8.14. The summed E-state index contributed by atoms with van der Waals surface area (Å²) < 4.78 is 10.7. The van der Waals surface area contributed by atoms with Crippen LogP contribution in [-0.2, 0) is 15.9 Å². The third-order valence-electron chi connectivity index (χ3n) is 5.51. The number of rotatable bonds is 16. The van der Waals surface area contributed by atoms with Crippen molar-refractivity contribution in [1.82, 2.24) is 5.32 Å². The zero-order valence-electron chi connectivity index (χ0n) is 19.8. The summed E-state index contributed by atoms with van der Waals surface area (Å²) in [5, 5.41) is 13.8. The summed E-state index contributed by atoms with van der Waals surface area (Å²) in [7, 11) is 0. The van der Waals surface area contributed by atoms with Gasteiger partial charge in [-0.2, -0.15) is 0 Å². The molecule has 0 aliphatic rings. The van der Waals surface area contributed by atoms with Crippen molar-refractivity contribution >= 4 is 34.9 Å². The van der Waals surface area contributed by atoms with Crippen molar-refractivity contribution in [2.24, 2.45) is 0 Å². The van der Waals surface area contributed by atoms with Gasteiger partial charge in [-0.3, -0.25) is 0 Å². The highest BCUT2D eigenvalue weighted by atomic mass is 35.5. The monoisotopic (exact) mass is 510 g/mol. The van der Waals surface area contributed by atoms with Crippen molar-refractivity contribution in [2.75, 3.05) is 38.7 Å². The topological polar surface area (TPSA) is 93.8 Å². The van der Waals surface area contributed by atoms with E-state index < -0.39 is 0 Å². The van der Waals surface area contributed by atoms with Crippen LogP contribution in [-0.4, -0.2) is 44.0 Å². The summed E-state index contributed by atoms with van der Waals surface area (Å²) in [6.07, 6.45) is 6.09. The van der Waals surface area contributed by atoms with Crippen molar-refractivity contribution in [3.05, 3.63) is 63.1 Å². The molecule has 0 heterocycles. The molecule has 2 aromatic carbocycles.